The Morgan fingerprint density at radius 1 is 1.13 bits per heavy atom. The van der Waals surface area contributed by atoms with Crippen LogP contribution in [-0.2, 0) is 9.59 Å². The first-order valence-corrected chi connectivity index (χ1v) is 8.84. The molecule has 2 amide bonds. The van der Waals surface area contributed by atoms with Gasteiger partial charge in [0.2, 0.25) is 0 Å². The Hall–Kier alpha value is -1.47. The van der Waals surface area contributed by atoms with E-state index in [4.69, 9.17) is 0 Å². The lowest BCUT2D eigenvalue weighted by Gasteiger charge is -2.13. The number of nitrogens with zero attached hydrogens (tertiary/aromatic N) is 2. The zero-order valence-electron chi connectivity index (χ0n) is 11.8. The molecule has 3 aliphatic rings. The number of amides is 2. The fraction of sp³-hybridized carbons (Fsp3) is 0.312. The number of benzene rings is 1. The number of fused-ring (bicyclic) bond motifs is 5. The van der Waals surface area contributed by atoms with E-state index >= 15 is 0 Å². The van der Waals surface area contributed by atoms with Crippen molar-refractivity contribution in [2.75, 3.05) is 0 Å². The maximum absolute atomic E-state index is 12.5. The van der Waals surface area contributed by atoms with Crippen molar-refractivity contribution in [1.82, 2.24) is 5.01 Å². The minimum atomic E-state index is -0.266. The number of carbonyl (C=O) groups is 2. The smallest absolute Gasteiger partial charge is 0.254 e. The molecule has 5 nitrogen and oxygen atoms in total. The lowest BCUT2D eigenvalue weighted by Crippen LogP contribution is -2.28. The van der Waals surface area contributed by atoms with E-state index in [0.29, 0.717) is 10.0 Å². The second-order valence-electron chi connectivity index (χ2n) is 6.06. The SMILES string of the molecule is O=C1[C@@H]2[C@@H](C(=O)N1/N=C\c1cc(Br)cc(Br)c1O)[C@H]1C=C[C@H]2C1. The van der Waals surface area contributed by atoms with Crippen molar-refractivity contribution in [1.29, 1.82) is 0 Å². The molecule has 2 bridgehead atoms. The molecule has 1 saturated heterocycles. The summed E-state index contributed by atoms with van der Waals surface area (Å²) in [4.78, 5) is 25.0. The van der Waals surface area contributed by atoms with Gasteiger partial charge in [0.05, 0.1) is 22.5 Å². The maximum atomic E-state index is 12.5. The predicted octanol–water partition coefficient (Wildman–Crippen LogP) is 3.06. The topological polar surface area (TPSA) is 70.0 Å². The van der Waals surface area contributed by atoms with Gasteiger partial charge in [-0.1, -0.05) is 28.1 Å². The Bertz CT molecular complexity index is 760. The molecular weight excluding hydrogens is 428 g/mol. The number of imide groups is 1. The summed E-state index contributed by atoms with van der Waals surface area (Å²) >= 11 is 6.57. The second-order valence-corrected chi connectivity index (χ2v) is 7.83. The molecule has 1 heterocycles. The maximum Gasteiger partial charge on any atom is 0.254 e. The third-order valence-electron chi connectivity index (χ3n) is 4.82. The van der Waals surface area contributed by atoms with Crippen LogP contribution in [0.15, 0.2) is 38.3 Å². The van der Waals surface area contributed by atoms with Crippen LogP contribution in [0.3, 0.4) is 0 Å². The molecular formula is C16H12Br2N2O3. The van der Waals surface area contributed by atoms with E-state index in [1.165, 1.54) is 6.21 Å². The third kappa shape index (κ3) is 2.21. The highest BCUT2D eigenvalue weighted by atomic mass is 79.9. The molecule has 1 aromatic rings. The van der Waals surface area contributed by atoms with Crippen molar-refractivity contribution < 1.29 is 14.7 Å². The third-order valence-corrected chi connectivity index (χ3v) is 5.88. The molecule has 23 heavy (non-hydrogen) atoms. The summed E-state index contributed by atoms with van der Waals surface area (Å²) in [5.74, 6) is -0.665. The van der Waals surface area contributed by atoms with Gasteiger partial charge in [-0.05, 0) is 46.3 Å². The average Bonchev–Trinajstić information content (AvgIpc) is 3.17. The minimum Gasteiger partial charge on any atom is -0.506 e. The van der Waals surface area contributed by atoms with Crippen LogP contribution in [0.1, 0.15) is 12.0 Å². The molecule has 0 unspecified atom stereocenters. The number of halogens is 2. The second kappa shape index (κ2) is 5.27. The summed E-state index contributed by atoms with van der Waals surface area (Å²) in [5.41, 5.74) is 0.421. The summed E-state index contributed by atoms with van der Waals surface area (Å²) < 4.78 is 1.26. The van der Waals surface area contributed by atoms with E-state index in [9.17, 15) is 14.7 Å². The highest BCUT2D eigenvalue weighted by molar-refractivity contribution is 9.11. The van der Waals surface area contributed by atoms with Crippen LogP contribution in [0.5, 0.6) is 5.75 Å². The average molecular weight is 440 g/mol. The molecule has 4 atom stereocenters. The van der Waals surface area contributed by atoms with Crippen molar-refractivity contribution in [2.45, 2.75) is 6.42 Å². The molecule has 118 valence electrons. The van der Waals surface area contributed by atoms with E-state index in [0.717, 1.165) is 15.9 Å². The Morgan fingerprint density at radius 3 is 2.35 bits per heavy atom. The quantitative estimate of drug-likeness (QED) is 0.437. The largest absolute Gasteiger partial charge is 0.506 e. The Morgan fingerprint density at radius 2 is 1.74 bits per heavy atom. The normalized spacial score (nSPS) is 31.7. The summed E-state index contributed by atoms with van der Waals surface area (Å²) in [6.07, 6.45) is 6.32. The Kier molecular flexibility index (Phi) is 3.46. The summed E-state index contributed by atoms with van der Waals surface area (Å²) in [5, 5.41) is 15.1. The van der Waals surface area contributed by atoms with Gasteiger partial charge in [0.15, 0.2) is 0 Å². The van der Waals surface area contributed by atoms with E-state index in [2.05, 4.69) is 37.0 Å². The van der Waals surface area contributed by atoms with Gasteiger partial charge >= 0.3 is 0 Å². The Balaban J connectivity index is 1.63. The number of rotatable bonds is 2. The lowest BCUT2D eigenvalue weighted by molar-refractivity contribution is -0.140. The van der Waals surface area contributed by atoms with Gasteiger partial charge in [-0.25, -0.2) is 0 Å². The zero-order chi connectivity index (χ0) is 16.3. The summed E-state index contributed by atoms with van der Waals surface area (Å²) in [7, 11) is 0. The number of phenols is 1. The molecule has 0 aromatic heterocycles. The minimum absolute atomic E-state index is 0.0120. The van der Waals surface area contributed by atoms with E-state index in [1.807, 2.05) is 12.2 Å². The molecule has 1 aromatic carbocycles. The number of hydrazone groups is 1. The van der Waals surface area contributed by atoms with Crippen molar-refractivity contribution in [3.05, 3.63) is 38.8 Å². The zero-order valence-corrected chi connectivity index (χ0v) is 15.0. The molecule has 0 spiro atoms. The first-order valence-electron chi connectivity index (χ1n) is 7.25. The number of aromatic hydroxyl groups is 1. The van der Waals surface area contributed by atoms with Gasteiger partial charge in [0.1, 0.15) is 5.75 Å². The van der Waals surface area contributed by atoms with Crippen molar-refractivity contribution in [2.24, 2.45) is 28.8 Å². The fourth-order valence-corrected chi connectivity index (χ4v) is 5.06. The van der Waals surface area contributed by atoms with Gasteiger partial charge in [0.25, 0.3) is 11.8 Å². The van der Waals surface area contributed by atoms with Gasteiger partial charge < -0.3 is 5.11 Å². The monoisotopic (exact) mass is 438 g/mol. The van der Waals surface area contributed by atoms with Crippen LogP contribution in [0.4, 0.5) is 0 Å². The number of hydrogen-bond donors (Lipinski definition) is 1. The van der Waals surface area contributed by atoms with Crippen molar-refractivity contribution >= 4 is 49.9 Å². The molecule has 2 aliphatic carbocycles. The highest BCUT2D eigenvalue weighted by Gasteiger charge is 2.59. The molecule has 1 N–H and O–H groups in total. The molecule has 4 rings (SSSR count). The van der Waals surface area contributed by atoms with Gasteiger partial charge in [-0.2, -0.15) is 10.1 Å². The number of hydrogen-bond acceptors (Lipinski definition) is 4. The molecule has 1 saturated carbocycles. The number of carbonyl (C=O) groups excluding carboxylic acids is 2. The molecule has 0 radical (unpaired) electrons. The number of allylic oxidation sites excluding steroid dienone is 2. The van der Waals surface area contributed by atoms with Crippen LogP contribution in [0.25, 0.3) is 0 Å². The van der Waals surface area contributed by atoms with Gasteiger partial charge in [-0.3, -0.25) is 9.59 Å². The first kappa shape index (κ1) is 15.1. The van der Waals surface area contributed by atoms with E-state index < -0.39 is 0 Å². The predicted molar refractivity (Wildman–Crippen MR) is 90.7 cm³/mol. The van der Waals surface area contributed by atoms with Crippen molar-refractivity contribution in [3.8, 4) is 5.75 Å². The van der Waals surface area contributed by atoms with Crippen LogP contribution in [0, 0.1) is 23.7 Å². The van der Waals surface area contributed by atoms with Crippen LogP contribution < -0.4 is 0 Å². The lowest BCUT2D eigenvalue weighted by atomic mass is 9.85. The standard InChI is InChI=1S/C16H12Br2N2O3/c17-10-4-9(14(21)11(18)5-10)6-19-20-15(22)12-7-1-2-8(3-7)13(12)16(20)23/h1-2,4-8,12-13,21H,3H2/b19-6-/t7-,8-,12-,13-/m0/s1. The first-order chi connectivity index (χ1) is 11.0. The highest BCUT2D eigenvalue weighted by Crippen LogP contribution is 2.52. The summed E-state index contributed by atoms with van der Waals surface area (Å²) in [6.45, 7) is 0. The van der Waals surface area contributed by atoms with Gasteiger partial charge in [0, 0.05) is 10.0 Å². The van der Waals surface area contributed by atoms with Crippen LogP contribution in [0.2, 0.25) is 0 Å². The molecule has 7 heteroatoms. The summed E-state index contributed by atoms with van der Waals surface area (Å²) in [6, 6.07) is 3.37. The van der Waals surface area contributed by atoms with Crippen LogP contribution >= 0.6 is 31.9 Å². The van der Waals surface area contributed by atoms with Gasteiger partial charge in [-0.15, -0.1) is 0 Å². The Labute approximate surface area is 149 Å². The van der Waals surface area contributed by atoms with Crippen LogP contribution in [-0.4, -0.2) is 28.1 Å². The van der Waals surface area contributed by atoms with E-state index in [1.54, 1.807) is 12.1 Å². The van der Waals surface area contributed by atoms with Crippen molar-refractivity contribution in [3.63, 3.8) is 0 Å². The number of phenolic OH excluding ortho intramolecular Hbond substituents is 1. The van der Waals surface area contributed by atoms with E-state index in [-0.39, 0.29) is 41.2 Å². The molecule has 2 fully saturated rings. The fourth-order valence-electron chi connectivity index (χ4n) is 3.80. The molecule has 1 aliphatic heterocycles.